The minimum Gasteiger partial charge on any atom is -0.377 e. The molecule has 1 unspecified atom stereocenters. The topological polar surface area (TPSA) is 55.2 Å². The largest absolute Gasteiger partial charge is 0.377 e. The molecule has 1 N–H and O–H groups in total. The molecule has 0 aliphatic heterocycles. The van der Waals surface area contributed by atoms with Crippen LogP contribution in [-0.2, 0) is 6.42 Å². The van der Waals surface area contributed by atoms with Crippen molar-refractivity contribution in [3.63, 3.8) is 0 Å². The molecule has 2 rings (SSSR count). The van der Waals surface area contributed by atoms with Crippen molar-refractivity contribution < 1.29 is 9.31 Å². The number of halogens is 1. The molecule has 6 heteroatoms. The van der Waals surface area contributed by atoms with Crippen LogP contribution in [0.2, 0.25) is 0 Å². The van der Waals surface area contributed by atoms with E-state index < -0.39 is 10.7 Å². The number of benzene rings is 1. The Hall–Kier alpha value is -1.95. The lowest BCUT2D eigenvalue weighted by atomic mass is 10.1. The summed E-state index contributed by atoms with van der Waals surface area (Å²) in [6, 6.07) is 6.47. The first-order valence-corrected chi connectivity index (χ1v) is 7.09. The van der Waals surface area contributed by atoms with E-state index in [1.54, 1.807) is 18.3 Å². The summed E-state index contributed by atoms with van der Waals surface area (Å²) in [7, 11) is 0. The molecule has 0 amide bonds. The van der Waals surface area contributed by atoms with Crippen LogP contribution < -0.4 is 5.32 Å². The van der Waals surface area contributed by atoms with E-state index in [0.717, 1.165) is 12.5 Å². The minimum atomic E-state index is -0.567. The Balaban J connectivity index is 2.19. The van der Waals surface area contributed by atoms with Crippen molar-refractivity contribution >= 4 is 22.7 Å². The predicted molar refractivity (Wildman–Crippen MR) is 78.9 cm³/mol. The molecule has 0 bridgehead atoms. The first-order valence-electron chi connectivity index (χ1n) is 6.21. The fourth-order valence-electron chi connectivity index (χ4n) is 1.98. The number of thiophene rings is 1. The Bertz CT molecular complexity index is 614. The van der Waals surface area contributed by atoms with Gasteiger partial charge in [0, 0.05) is 17.3 Å². The number of anilines is 1. The number of nitrogens with one attached hydrogen (secondary N) is 1. The van der Waals surface area contributed by atoms with E-state index in [2.05, 4.69) is 5.32 Å². The zero-order valence-corrected chi connectivity index (χ0v) is 12.0. The van der Waals surface area contributed by atoms with Gasteiger partial charge >= 0.3 is 0 Å². The highest BCUT2D eigenvalue weighted by Gasteiger charge is 2.18. The fraction of sp³-hybridized carbons (Fsp3) is 0.286. The molecule has 0 saturated carbocycles. The van der Waals surface area contributed by atoms with Gasteiger partial charge in [0.05, 0.1) is 11.0 Å². The van der Waals surface area contributed by atoms with Crippen molar-refractivity contribution in [2.75, 3.05) is 5.32 Å². The maximum atomic E-state index is 13.4. The van der Waals surface area contributed by atoms with Gasteiger partial charge in [0.15, 0.2) is 0 Å². The van der Waals surface area contributed by atoms with Crippen LogP contribution in [-0.4, -0.2) is 11.0 Å². The summed E-state index contributed by atoms with van der Waals surface area (Å²) in [5.74, 6) is -0.562. The number of hydrogen-bond donors (Lipinski definition) is 1. The molecule has 0 aliphatic rings. The quantitative estimate of drug-likeness (QED) is 0.666. The van der Waals surface area contributed by atoms with Crippen LogP contribution in [0.3, 0.4) is 0 Å². The number of nitro benzene ring substituents is 1. The van der Waals surface area contributed by atoms with Gasteiger partial charge in [-0.05, 0) is 36.9 Å². The van der Waals surface area contributed by atoms with Gasteiger partial charge in [-0.3, -0.25) is 10.1 Å². The first-order chi connectivity index (χ1) is 9.47. The van der Waals surface area contributed by atoms with E-state index in [4.69, 9.17) is 0 Å². The third-order valence-corrected chi connectivity index (χ3v) is 3.86. The predicted octanol–water partition coefficient (Wildman–Crippen LogP) is 4.15. The van der Waals surface area contributed by atoms with Gasteiger partial charge in [-0.25, -0.2) is 4.39 Å². The summed E-state index contributed by atoms with van der Waals surface area (Å²) in [6.45, 7) is 3.54. The highest BCUT2D eigenvalue weighted by Crippen LogP contribution is 2.28. The van der Waals surface area contributed by atoms with Crippen LogP contribution in [0, 0.1) is 22.9 Å². The average Bonchev–Trinajstić information content (AvgIpc) is 2.85. The van der Waals surface area contributed by atoms with Gasteiger partial charge in [0.25, 0.3) is 5.69 Å². The summed E-state index contributed by atoms with van der Waals surface area (Å²) in [6.07, 6.45) is 0.769. The average molecular weight is 294 g/mol. The molecule has 0 aliphatic carbocycles. The summed E-state index contributed by atoms with van der Waals surface area (Å²) < 4.78 is 13.4. The Morgan fingerprint density at radius 3 is 2.85 bits per heavy atom. The number of hydrogen-bond acceptors (Lipinski definition) is 4. The fourth-order valence-corrected chi connectivity index (χ4v) is 2.82. The van der Waals surface area contributed by atoms with Crippen molar-refractivity contribution in [1.82, 2.24) is 0 Å². The Kier molecular flexibility index (Phi) is 4.34. The monoisotopic (exact) mass is 294 g/mol. The molecule has 0 fully saturated rings. The second-order valence-electron chi connectivity index (χ2n) is 4.70. The van der Waals surface area contributed by atoms with Crippen LogP contribution >= 0.6 is 11.3 Å². The van der Waals surface area contributed by atoms with Gasteiger partial charge in [-0.1, -0.05) is 6.07 Å². The van der Waals surface area contributed by atoms with E-state index in [-0.39, 0.29) is 11.7 Å². The molecular weight excluding hydrogens is 279 g/mol. The molecule has 0 spiro atoms. The molecule has 4 nitrogen and oxygen atoms in total. The van der Waals surface area contributed by atoms with E-state index in [1.807, 2.05) is 24.4 Å². The molecule has 1 heterocycles. The van der Waals surface area contributed by atoms with Gasteiger partial charge in [-0.2, -0.15) is 0 Å². The minimum absolute atomic E-state index is 0.0252. The second kappa shape index (κ2) is 6.00. The first kappa shape index (κ1) is 14.5. The zero-order chi connectivity index (χ0) is 14.7. The molecule has 1 aromatic heterocycles. The highest BCUT2D eigenvalue weighted by atomic mass is 32.1. The lowest BCUT2D eigenvalue weighted by molar-refractivity contribution is -0.384. The summed E-state index contributed by atoms with van der Waals surface area (Å²) in [4.78, 5) is 11.6. The van der Waals surface area contributed by atoms with Crippen LogP contribution in [0.5, 0.6) is 0 Å². The van der Waals surface area contributed by atoms with Crippen molar-refractivity contribution in [1.29, 1.82) is 0 Å². The molecular formula is C14H15FN2O2S. The van der Waals surface area contributed by atoms with E-state index >= 15 is 0 Å². The number of nitro groups is 1. The van der Waals surface area contributed by atoms with Gasteiger partial charge in [0.2, 0.25) is 0 Å². The van der Waals surface area contributed by atoms with Crippen molar-refractivity contribution in [3.05, 3.63) is 56.0 Å². The lowest BCUT2D eigenvalue weighted by Crippen LogP contribution is -2.18. The number of aryl methyl sites for hydroxylation is 1. The smallest absolute Gasteiger partial charge is 0.295 e. The number of nitrogens with zero attached hydrogens (tertiary/aromatic N) is 1. The maximum absolute atomic E-state index is 13.4. The Labute approximate surface area is 120 Å². The lowest BCUT2D eigenvalue weighted by Gasteiger charge is -2.15. The van der Waals surface area contributed by atoms with E-state index in [9.17, 15) is 14.5 Å². The molecule has 1 aromatic carbocycles. The third-order valence-electron chi connectivity index (χ3n) is 2.96. The third kappa shape index (κ3) is 3.33. The van der Waals surface area contributed by atoms with Crippen LogP contribution in [0.4, 0.5) is 15.8 Å². The SMILES string of the molecule is Cc1cc(NC(C)Cc2cccs2)c([N+](=O)[O-])cc1F. The van der Waals surface area contributed by atoms with Crippen molar-refractivity contribution in [2.24, 2.45) is 0 Å². The summed E-state index contributed by atoms with van der Waals surface area (Å²) >= 11 is 1.64. The second-order valence-corrected chi connectivity index (χ2v) is 5.74. The molecule has 0 radical (unpaired) electrons. The molecule has 20 heavy (non-hydrogen) atoms. The van der Waals surface area contributed by atoms with Crippen molar-refractivity contribution in [2.45, 2.75) is 26.3 Å². The van der Waals surface area contributed by atoms with Gasteiger partial charge in [-0.15, -0.1) is 11.3 Å². The molecule has 1 atom stereocenters. The number of rotatable bonds is 5. The summed E-state index contributed by atoms with van der Waals surface area (Å²) in [5, 5.41) is 16.1. The molecule has 106 valence electrons. The highest BCUT2D eigenvalue weighted by molar-refractivity contribution is 7.09. The summed E-state index contributed by atoms with van der Waals surface area (Å²) in [5.41, 5.74) is 0.519. The standard InChI is InChI=1S/C14H15FN2O2S/c1-9-6-13(14(17(18)19)8-12(9)15)16-10(2)7-11-4-3-5-20-11/h3-6,8,10,16H,7H2,1-2H3. The van der Waals surface area contributed by atoms with Crippen LogP contribution in [0.1, 0.15) is 17.4 Å². The molecule has 0 saturated heterocycles. The van der Waals surface area contributed by atoms with E-state index in [0.29, 0.717) is 11.3 Å². The van der Waals surface area contributed by atoms with Crippen LogP contribution in [0.25, 0.3) is 0 Å². The van der Waals surface area contributed by atoms with Gasteiger partial charge in [0.1, 0.15) is 11.5 Å². The van der Waals surface area contributed by atoms with Crippen molar-refractivity contribution in [3.8, 4) is 0 Å². The zero-order valence-electron chi connectivity index (χ0n) is 11.2. The normalized spacial score (nSPS) is 12.2. The van der Waals surface area contributed by atoms with Crippen LogP contribution in [0.15, 0.2) is 29.6 Å². The maximum Gasteiger partial charge on any atom is 0.295 e. The Morgan fingerprint density at radius 1 is 1.50 bits per heavy atom. The Morgan fingerprint density at radius 2 is 2.25 bits per heavy atom. The molecule has 2 aromatic rings. The van der Waals surface area contributed by atoms with E-state index in [1.165, 1.54) is 10.9 Å². The van der Waals surface area contributed by atoms with Gasteiger partial charge < -0.3 is 5.32 Å².